The fraction of sp³-hybridized carbons (Fsp3) is 0.370. The summed E-state index contributed by atoms with van der Waals surface area (Å²) in [6.45, 7) is 4.87. The van der Waals surface area contributed by atoms with Crippen molar-refractivity contribution in [2.75, 3.05) is 55.1 Å². The molecule has 0 aliphatic rings. The first-order chi connectivity index (χ1) is 17.4. The molecule has 0 atom stereocenters. The molecule has 0 aliphatic carbocycles. The highest BCUT2D eigenvalue weighted by atomic mass is 16.7. The predicted octanol–water partition coefficient (Wildman–Crippen LogP) is 4.68. The molecule has 0 aliphatic heterocycles. The van der Waals surface area contributed by atoms with Crippen molar-refractivity contribution in [1.82, 2.24) is 4.90 Å². The molecule has 0 aromatic heterocycles. The van der Waals surface area contributed by atoms with Gasteiger partial charge in [0.2, 0.25) is 0 Å². The second-order valence-electron chi connectivity index (χ2n) is 7.78. The van der Waals surface area contributed by atoms with Crippen LogP contribution in [0.4, 0.5) is 0 Å². The molecule has 9 nitrogen and oxygen atoms in total. The van der Waals surface area contributed by atoms with E-state index >= 15 is 0 Å². The highest BCUT2D eigenvalue weighted by Gasteiger charge is 2.27. The summed E-state index contributed by atoms with van der Waals surface area (Å²) in [5, 5.41) is 12.6. The lowest BCUT2D eigenvalue weighted by Crippen LogP contribution is -2.31. The molecule has 1 N–H and O–H groups in total. The summed E-state index contributed by atoms with van der Waals surface area (Å²) < 4.78 is 32.4. The maximum atomic E-state index is 13.6. The van der Waals surface area contributed by atoms with Crippen LogP contribution in [-0.2, 0) is 9.47 Å². The highest BCUT2D eigenvalue weighted by molar-refractivity contribution is 6.07. The average molecular weight is 500 g/mol. The van der Waals surface area contributed by atoms with Crippen LogP contribution < -0.4 is 18.9 Å². The normalized spacial score (nSPS) is 10.8. The number of ether oxygens (including phenoxy) is 6. The van der Waals surface area contributed by atoms with E-state index < -0.39 is 0 Å². The molecule has 0 fully saturated rings. The minimum absolute atomic E-state index is 0.00645. The monoisotopic (exact) mass is 499 g/mol. The molecule has 194 valence electrons. The number of phenolic OH excluding ortho intramolecular Hbond substituents is 1. The van der Waals surface area contributed by atoms with Gasteiger partial charge in [0.25, 0.3) is 5.91 Å². The van der Waals surface area contributed by atoms with E-state index in [0.717, 1.165) is 0 Å². The summed E-state index contributed by atoms with van der Waals surface area (Å²) in [7, 11) is 6.04. The maximum absolute atomic E-state index is 13.6. The van der Waals surface area contributed by atoms with Gasteiger partial charge < -0.3 is 38.4 Å². The van der Waals surface area contributed by atoms with Crippen LogP contribution in [0, 0.1) is 0 Å². The lowest BCUT2D eigenvalue weighted by Gasteiger charge is -2.23. The summed E-state index contributed by atoms with van der Waals surface area (Å²) in [4.78, 5) is 15.3. The lowest BCUT2D eigenvalue weighted by molar-refractivity contribution is 0.0324. The number of carbonyl (C=O) groups is 1. The SMILES string of the molecule is CCN(CC)C(=O)c1c(-c2ccc3cc(OCOC)c(OCOC)cc3c2O)ccc(OC)c1OC. The fourth-order valence-corrected chi connectivity index (χ4v) is 4.04. The zero-order valence-electron chi connectivity index (χ0n) is 21.5. The van der Waals surface area contributed by atoms with E-state index in [2.05, 4.69) is 0 Å². The molecular formula is C27H33NO8. The van der Waals surface area contributed by atoms with E-state index in [-0.39, 0.29) is 25.2 Å². The van der Waals surface area contributed by atoms with E-state index in [4.69, 9.17) is 28.4 Å². The first-order valence-electron chi connectivity index (χ1n) is 11.5. The highest BCUT2D eigenvalue weighted by Crippen LogP contribution is 2.45. The third kappa shape index (κ3) is 5.27. The van der Waals surface area contributed by atoms with Gasteiger partial charge in [-0.25, -0.2) is 0 Å². The molecule has 0 heterocycles. The van der Waals surface area contributed by atoms with Crippen LogP contribution in [0.25, 0.3) is 21.9 Å². The molecule has 0 saturated heterocycles. The van der Waals surface area contributed by atoms with E-state index in [1.54, 1.807) is 35.2 Å². The van der Waals surface area contributed by atoms with Crippen LogP contribution in [0.2, 0.25) is 0 Å². The molecule has 0 spiro atoms. The van der Waals surface area contributed by atoms with Gasteiger partial charge in [0.05, 0.1) is 19.8 Å². The van der Waals surface area contributed by atoms with Crippen molar-refractivity contribution < 1.29 is 38.3 Å². The zero-order chi connectivity index (χ0) is 26.2. The van der Waals surface area contributed by atoms with Crippen LogP contribution in [-0.4, -0.2) is 71.0 Å². The van der Waals surface area contributed by atoms with Gasteiger partial charge in [0.15, 0.2) is 36.6 Å². The van der Waals surface area contributed by atoms with Gasteiger partial charge in [0.1, 0.15) is 5.75 Å². The van der Waals surface area contributed by atoms with Crippen molar-refractivity contribution in [1.29, 1.82) is 0 Å². The first kappa shape index (κ1) is 26.9. The Labute approximate surface area is 211 Å². The van der Waals surface area contributed by atoms with Gasteiger partial charge in [-0.2, -0.15) is 0 Å². The molecule has 3 rings (SSSR count). The Kier molecular flexibility index (Phi) is 9.21. The number of aromatic hydroxyl groups is 1. The fourth-order valence-electron chi connectivity index (χ4n) is 4.04. The number of nitrogens with zero attached hydrogens (tertiary/aromatic N) is 1. The minimum atomic E-state index is -0.224. The third-order valence-electron chi connectivity index (χ3n) is 5.82. The molecule has 0 radical (unpaired) electrons. The molecule has 0 saturated carbocycles. The second kappa shape index (κ2) is 12.3. The molecule has 0 unspecified atom stereocenters. The Morgan fingerprint density at radius 2 is 1.42 bits per heavy atom. The first-order valence-corrected chi connectivity index (χ1v) is 11.5. The van der Waals surface area contributed by atoms with Crippen molar-refractivity contribution in [3.63, 3.8) is 0 Å². The quantitative estimate of drug-likeness (QED) is 0.359. The van der Waals surface area contributed by atoms with Crippen LogP contribution >= 0.6 is 0 Å². The number of amides is 1. The number of hydrogen-bond donors (Lipinski definition) is 1. The second-order valence-corrected chi connectivity index (χ2v) is 7.78. The number of carbonyl (C=O) groups excluding carboxylic acids is 1. The van der Waals surface area contributed by atoms with Gasteiger partial charge >= 0.3 is 0 Å². The van der Waals surface area contributed by atoms with Gasteiger partial charge in [-0.1, -0.05) is 6.07 Å². The summed E-state index contributed by atoms with van der Waals surface area (Å²) in [5.74, 6) is 1.30. The maximum Gasteiger partial charge on any atom is 0.258 e. The molecule has 9 heteroatoms. The van der Waals surface area contributed by atoms with E-state index in [1.807, 2.05) is 19.9 Å². The largest absolute Gasteiger partial charge is 0.507 e. The van der Waals surface area contributed by atoms with E-state index in [1.165, 1.54) is 28.4 Å². The molecule has 36 heavy (non-hydrogen) atoms. The number of fused-ring (bicyclic) bond motifs is 1. The number of methoxy groups -OCH3 is 4. The Bertz CT molecular complexity index is 1210. The molecule has 3 aromatic carbocycles. The molecule has 3 aromatic rings. The standard InChI is InChI=1S/C27H33NO8/c1-7-28(8-2)27(30)24-18(11-12-21(33-5)26(24)34-6)19-10-9-17-13-22(35-15-31-3)23(36-16-32-4)14-20(17)25(19)29/h9-14,29H,7-8,15-16H2,1-6H3. The number of hydrogen-bond acceptors (Lipinski definition) is 8. The van der Waals surface area contributed by atoms with Crippen molar-refractivity contribution in [3.8, 4) is 39.9 Å². The van der Waals surface area contributed by atoms with E-state index in [9.17, 15) is 9.90 Å². The van der Waals surface area contributed by atoms with Crippen molar-refractivity contribution in [2.24, 2.45) is 0 Å². The summed E-state index contributed by atoms with van der Waals surface area (Å²) in [6, 6.07) is 10.5. The Morgan fingerprint density at radius 1 is 0.806 bits per heavy atom. The van der Waals surface area contributed by atoms with Crippen LogP contribution in [0.5, 0.6) is 28.7 Å². The Hall–Kier alpha value is -3.69. The lowest BCUT2D eigenvalue weighted by atomic mass is 9.94. The van der Waals surface area contributed by atoms with Crippen molar-refractivity contribution >= 4 is 16.7 Å². The van der Waals surface area contributed by atoms with Crippen molar-refractivity contribution in [2.45, 2.75) is 13.8 Å². The van der Waals surface area contributed by atoms with Crippen LogP contribution in [0.15, 0.2) is 36.4 Å². The molecule has 1 amide bonds. The van der Waals surface area contributed by atoms with Crippen molar-refractivity contribution in [3.05, 3.63) is 42.0 Å². The smallest absolute Gasteiger partial charge is 0.258 e. The zero-order valence-corrected chi connectivity index (χ0v) is 21.5. The third-order valence-corrected chi connectivity index (χ3v) is 5.82. The minimum Gasteiger partial charge on any atom is -0.507 e. The number of rotatable bonds is 12. The Morgan fingerprint density at radius 3 is 1.97 bits per heavy atom. The molecule has 0 bridgehead atoms. The topological polar surface area (TPSA) is 95.9 Å². The number of phenols is 1. The Balaban J connectivity index is 2.27. The number of benzene rings is 3. The van der Waals surface area contributed by atoms with Gasteiger partial charge in [0, 0.05) is 43.8 Å². The summed E-state index contributed by atoms with van der Waals surface area (Å²) in [5.41, 5.74) is 1.29. The molecular weight excluding hydrogens is 466 g/mol. The predicted molar refractivity (Wildman–Crippen MR) is 136 cm³/mol. The van der Waals surface area contributed by atoms with Gasteiger partial charge in [-0.3, -0.25) is 4.79 Å². The van der Waals surface area contributed by atoms with E-state index in [0.29, 0.717) is 63.6 Å². The summed E-state index contributed by atoms with van der Waals surface area (Å²) in [6.07, 6.45) is 0. The van der Waals surface area contributed by atoms with Gasteiger partial charge in [-0.15, -0.1) is 0 Å². The van der Waals surface area contributed by atoms with Crippen LogP contribution in [0.3, 0.4) is 0 Å². The van der Waals surface area contributed by atoms with Crippen LogP contribution in [0.1, 0.15) is 24.2 Å². The average Bonchev–Trinajstić information content (AvgIpc) is 2.90. The summed E-state index contributed by atoms with van der Waals surface area (Å²) >= 11 is 0. The van der Waals surface area contributed by atoms with Gasteiger partial charge in [-0.05, 0) is 49.6 Å².